The molecule has 0 amide bonds. The Labute approximate surface area is 445 Å². The molecule has 414 valence electrons. The van der Waals surface area contributed by atoms with Gasteiger partial charge in [-0.25, -0.2) is 0 Å². The first-order chi connectivity index (χ1) is 35.5. The van der Waals surface area contributed by atoms with Crippen LogP contribution in [-0.4, -0.2) is 37.2 Å². The van der Waals surface area contributed by atoms with Crippen LogP contribution in [0.2, 0.25) is 0 Å². The number of rotatable bonds is 55. The summed E-state index contributed by atoms with van der Waals surface area (Å²) in [6.07, 6.45) is 78.8. The Hall–Kier alpha value is -3.41. The third-order valence-electron chi connectivity index (χ3n) is 13.1. The molecule has 0 spiro atoms. The molecular weight excluding hydrogens is 889 g/mol. The fourth-order valence-corrected chi connectivity index (χ4v) is 8.58. The molecule has 0 rings (SSSR count). The van der Waals surface area contributed by atoms with Crippen LogP contribution in [0.5, 0.6) is 0 Å². The topological polar surface area (TPSA) is 78.9 Å². The molecule has 72 heavy (non-hydrogen) atoms. The van der Waals surface area contributed by atoms with Gasteiger partial charge in [-0.1, -0.05) is 279 Å². The predicted molar refractivity (Wildman–Crippen MR) is 311 cm³/mol. The third-order valence-corrected chi connectivity index (χ3v) is 13.1. The maximum absolute atomic E-state index is 12.9. The number of carbonyl (C=O) groups excluding carboxylic acids is 3. The van der Waals surface area contributed by atoms with Gasteiger partial charge in [0.1, 0.15) is 13.2 Å². The van der Waals surface area contributed by atoms with E-state index < -0.39 is 6.10 Å². The van der Waals surface area contributed by atoms with E-state index in [1.165, 1.54) is 173 Å². The lowest BCUT2D eigenvalue weighted by atomic mass is 10.0. The van der Waals surface area contributed by atoms with Gasteiger partial charge in [-0.3, -0.25) is 14.4 Å². The van der Waals surface area contributed by atoms with Gasteiger partial charge >= 0.3 is 17.9 Å². The summed E-state index contributed by atoms with van der Waals surface area (Å²) >= 11 is 0. The SMILES string of the molecule is CC/C=C/C/C=C/C/C=C/C/C=C/C/C=C/C/C=C/CCC(=O)OC[C@@H](COC(=O)CCCCCCCCCCCCCCCCCC)OC(=O)CCCCCCCCCCC/C=C/CCCCCCCC. The van der Waals surface area contributed by atoms with E-state index in [-0.39, 0.29) is 37.5 Å². The smallest absolute Gasteiger partial charge is 0.306 e. The largest absolute Gasteiger partial charge is 0.462 e. The summed E-state index contributed by atoms with van der Waals surface area (Å²) in [6, 6.07) is 0. The van der Waals surface area contributed by atoms with Crippen LogP contribution < -0.4 is 0 Å². The van der Waals surface area contributed by atoms with Gasteiger partial charge in [0, 0.05) is 19.3 Å². The molecule has 0 aliphatic carbocycles. The molecule has 0 aromatic heterocycles. The second-order valence-electron chi connectivity index (χ2n) is 20.2. The Kier molecular flexibility index (Phi) is 57.3. The molecular formula is C66H114O6. The second kappa shape index (κ2) is 60.1. The van der Waals surface area contributed by atoms with Crippen molar-refractivity contribution < 1.29 is 28.6 Å². The Morgan fingerprint density at radius 2 is 0.569 bits per heavy atom. The van der Waals surface area contributed by atoms with Gasteiger partial charge < -0.3 is 14.2 Å². The molecule has 0 saturated carbocycles. The average Bonchev–Trinajstić information content (AvgIpc) is 3.38. The van der Waals surface area contributed by atoms with Crippen LogP contribution >= 0.6 is 0 Å². The van der Waals surface area contributed by atoms with Crippen molar-refractivity contribution in [1.29, 1.82) is 0 Å². The van der Waals surface area contributed by atoms with Gasteiger partial charge in [0.25, 0.3) is 0 Å². The van der Waals surface area contributed by atoms with E-state index in [9.17, 15) is 14.4 Å². The molecule has 0 N–H and O–H groups in total. The van der Waals surface area contributed by atoms with Crippen LogP contribution in [-0.2, 0) is 28.6 Å². The maximum Gasteiger partial charge on any atom is 0.306 e. The van der Waals surface area contributed by atoms with Crippen LogP contribution in [0.3, 0.4) is 0 Å². The fraction of sp³-hybridized carbons (Fsp3) is 0.742. The molecule has 0 bridgehead atoms. The summed E-state index contributed by atoms with van der Waals surface area (Å²) in [5.74, 6) is -0.976. The van der Waals surface area contributed by atoms with E-state index in [4.69, 9.17) is 14.2 Å². The van der Waals surface area contributed by atoms with E-state index in [2.05, 4.69) is 99.8 Å². The molecule has 0 fully saturated rings. The summed E-state index contributed by atoms with van der Waals surface area (Å²) in [5.41, 5.74) is 0. The first kappa shape index (κ1) is 68.6. The highest BCUT2D eigenvalue weighted by Gasteiger charge is 2.19. The third kappa shape index (κ3) is 57.5. The minimum absolute atomic E-state index is 0.0979. The minimum atomic E-state index is -0.808. The van der Waals surface area contributed by atoms with Crippen molar-refractivity contribution in [1.82, 2.24) is 0 Å². The highest BCUT2D eigenvalue weighted by molar-refractivity contribution is 5.71. The normalized spacial score (nSPS) is 12.7. The molecule has 0 radical (unpaired) electrons. The van der Waals surface area contributed by atoms with Crippen molar-refractivity contribution in [3.63, 3.8) is 0 Å². The van der Waals surface area contributed by atoms with Crippen LogP contribution in [0, 0.1) is 0 Å². The number of hydrogen-bond donors (Lipinski definition) is 0. The van der Waals surface area contributed by atoms with Crippen LogP contribution in [0.4, 0.5) is 0 Å². The first-order valence-electron chi connectivity index (χ1n) is 30.6. The Morgan fingerprint density at radius 3 is 0.931 bits per heavy atom. The first-order valence-corrected chi connectivity index (χ1v) is 30.6. The van der Waals surface area contributed by atoms with Crippen molar-refractivity contribution in [3.8, 4) is 0 Å². The molecule has 0 aromatic rings. The molecule has 0 aromatic carbocycles. The number of ether oxygens (including phenoxy) is 3. The van der Waals surface area contributed by atoms with E-state index in [1.54, 1.807) is 0 Å². The van der Waals surface area contributed by atoms with Crippen LogP contribution in [0.25, 0.3) is 0 Å². The number of unbranched alkanes of at least 4 members (excludes halogenated alkanes) is 30. The molecule has 6 nitrogen and oxygen atoms in total. The lowest BCUT2D eigenvalue weighted by Gasteiger charge is -2.18. The monoisotopic (exact) mass is 1000 g/mol. The van der Waals surface area contributed by atoms with E-state index in [0.717, 1.165) is 77.0 Å². The van der Waals surface area contributed by atoms with Gasteiger partial charge in [0.15, 0.2) is 6.10 Å². The van der Waals surface area contributed by atoms with Crippen molar-refractivity contribution in [3.05, 3.63) is 85.1 Å². The average molecular weight is 1000 g/mol. The van der Waals surface area contributed by atoms with Gasteiger partial charge in [-0.15, -0.1) is 0 Å². The van der Waals surface area contributed by atoms with Crippen LogP contribution in [0.1, 0.15) is 297 Å². The zero-order chi connectivity index (χ0) is 52.2. The summed E-state index contributed by atoms with van der Waals surface area (Å²) < 4.78 is 16.8. The fourth-order valence-electron chi connectivity index (χ4n) is 8.58. The summed E-state index contributed by atoms with van der Waals surface area (Å²) in [4.78, 5) is 38.2. The van der Waals surface area contributed by atoms with E-state index in [1.807, 2.05) is 6.08 Å². The Bertz CT molecular complexity index is 1380. The Morgan fingerprint density at radius 1 is 0.292 bits per heavy atom. The lowest BCUT2D eigenvalue weighted by molar-refractivity contribution is -0.166. The minimum Gasteiger partial charge on any atom is -0.462 e. The molecule has 6 heteroatoms. The highest BCUT2D eigenvalue weighted by Crippen LogP contribution is 2.16. The Balaban J connectivity index is 4.47. The predicted octanol–water partition coefficient (Wildman–Crippen LogP) is 20.7. The number of carbonyl (C=O) groups is 3. The van der Waals surface area contributed by atoms with Crippen molar-refractivity contribution in [2.45, 2.75) is 303 Å². The lowest BCUT2D eigenvalue weighted by Crippen LogP contribution is -2.30. The van der Waals surface area contributed by atoms with Crippen molar-refractivity contribution in [2.75, 3.05) is 13.2 Å². The van der Waals surface area contributed by atoms with Gasteiger partial charge in [0.2, 0.25) is 0 Å². The van der Waals surface area contributed by atoms with Gasteiger partial charge in [-0.2, -0.15) is 0 Å². The standard InChI is InChI=1S/C66H114O6/c1-4-7-10-13-16-19-22-25-28-31-33-35-38-41-44-47-50-53-56-59-65(68)71-62-63(61-70-64(67)58-55-52-49-46-43-40-37-30-27-24-21-18-15-12-9-6-3)72-66(69)60-57-54-51-48-45-42-39-36-34-32-29-26-23-20-17-14-11-8-5-2/h7,10,16,19,25-26,28-29,33,35,41,44,50,53,63H,4-6,8-9,11-15,17-18,20-24,27,30-32,34,36-40,42-43,45-49,51-52,54-62H2,1-3H3/b10-7+,19-16+,28-25+,29-26+,35-33+,44-41+,53-50+/t63-/m1/s1. The zero-order valence-electron chi connectivity index (χ0n) is 47.4. The van der Waals surface area contributed by atoms with Crippen molar-refractivity contribution in [2.24, 2.45) is 0 Å². The molecule has 0 heterocycles. The number of allylic oxidation sites excluding steroid dienone is 14. The molecule has 0 aliphatic heterocycles. The number of hydrogen-bond acceptors (Lipinski definition) is 6. The number of esters is 3. The maximum atomic E-state index is 12.9. The molecule has 0 saturated heterocycles. The van der Waals surface area contributed by atoms with E-state index in [0.29, 0.717) is 19.3 Å². The zero-order valence-corrected chi connectivity index (χ0v) is 47.4. The molecule has 1 atom stereocenters. The van der Waals surface area contributed by atoms with E-state index >= 15 is 0 Å². The summed E-state index contributed by atoms with van der Waals surface area (Å²) in [5, 5.41) is 0. The summed E-state index contributed by atoms with van der Waals surface area (Å²) in [7, 11) is 0. The van der Waals surface area contributed by atoms with Gasteiger partial charge in [-0.05, 0) is 83.5 Å². The van der Waals surface area contributed by atoms with Crippen LogP contribution in [0.15, 0.2) is 85.1 Å². The molecule has 0 unspecified atom stereocenters. The second-order valence-corrected chi connectivity index (χ2v) is 20.2. The summed E-state index contributed by atoms with van der Waals surface area (Å²) in [6.45, 7) is 6.49. The highest BCUT2D eigenvalue weighted by atomic mass is 16.6. The quantitative estimate of drug-likeness (QED) is 0.0261. The van der Waals surface area contributed by atoms with Gasteiger partial charge in [0.05, 0.1) is 0 Å². The molecule has 0 aliphatic rings. The van der Waals surface area contributed by atoms with Crippen molar-refractivity contribution >= 4 is 17.9 Å².